The SMILES string of the molecule is O=C1ON=C(C(F)(F)F)C1=Cc1ccc(N2CCC(F)(F)C2)s1. The number of rotatable bonds is 2. The van der Waals surface area contributed by atoms with E-state index in [-0.39, 0.29) is 13.0 Å². The van der Waals surface area contributed by atoms with Crippen LogP contribution in [-0.2, 0) is 9.63 Å². The third-order valence-electron chi connectivity index (χ3n) is 3.34. The molecule has 1 saturated heterocycles. The topological polar surface area (TPSA) is 41.9 Å². The molecule has 124 valence electrons. The Morgan fingerprint density at radius 3 is 2.70 bits per heavy atom. The molecular weight excluding hydrogens is 343 g/mol. The Balaban J connectivity index is 1.84. The van der Waals surface area contributed by atoms with Gasteiger partial charge in [0.1, 0.15) is 0 Å². The van der Waals surface area contributed by atoms with Crippen molar-refractivity contribution in [2.75, 3.05) is 18.0 Å². The van der Waals surface area contributed by atoms with Gasteiger partial charge in [-0.05, 0) is 18.2 Å². The van der Waals surface area contributed by atoms with Crippen LogP contribution in [0.25, 0.3) is 6.08 Å². The van der Waals surface area contributed by atoms with E-state index in [1.54, 1.807) is 0 Å². The maximum absolute atomic E-state index is 13.2. The van der Waals surface area contributed by atoms with E-state index < -0.39 is 35.9 Å². The smallest absolute Gasteiger partial charge is 0.357 e. The van der Waals surface area contributed by atoms with Crippen molar-refractivity contribution in [2.45, 2.75) is 18.5 Å². The molecule has 0 N–H and O–H groups in total. The van der Waals surface area contributed by atoms with E-state index in [0.717, 1.165) is 17.4 Å². The van der Waals surface area contributed by atoms with E-state index in [9.17, 15) is 26.7 Å². The Kier molecular flexibility index (Phi) is 3.66. The second-order valence-corrected chi connectivity index (χ2v) is 6.17. The predicted molar refractivity (Wildman–Crippen MR) is 73.7 cm³/mol. The summed E-state index contributed by atoms with van der Waals surface area (Å²) in [6, 6.07) is 2.99. The first-order valence-electron chi connectivity index (χ1n) is 6.47. The molecule has 2 aliphatic rings. The second kappa shape index (κ2) is 5.29. The summed E-state index contributed by atoms with van der Waals surface area (Å²) in [5, 5.41) is 3.24. The monoisotopic (exact) mass is 352 g/mol. The Labute approximate surface area is 130 Å². The zero-order valence-electron chi connectivity index (χ0n) is 11.4. The Morgan fingerprint density at radius 2 is 2.09 bits per heavy atom. The summed E-state index contributed by atoms with van der Waals surface area (Å²) in [5.74, 6) is -3.96. The maximum Gasteiger partial charge on any atom is 0.437 e. The van der Waals surface area contributed by atoms with Gasteiger partial charge in [-0.3, -0.25) is 0 Å². The third kappa shape index (κ3) is 3.21. The summed E-state index contributed by atoms with van der Waals surface area (Å²) in [4.78, 5) is 17.2. The number of nitrogens with zero attached hydrogens (tertiary/aromatic N) is 2. The van der Waals surface area contributed by atoms with Gasteiger partial charge < -0.3 is 9.74 Å². The van der Waals surface area contributed by atoms with Crippen molar-refractivity contribution in [3.05, 3.63) is 22.6 Å². The molecular formula is C13H9F5N2O2S. The molecule has 0 saturated carbocycles. The van der Waals surface area contributed by atoms with Gasteiger partial charge in [0, 0.05) is 17.8 Å². The summed E-state index contributed by atoms with van der Waals surface area (Å²) in [6.07, 6.45) is -4.07. The number of carbonyl (C=O) groups excluding carboxylic acids is 1. The lowest BCUT2D eigenvalue weighted by molar-refractivity contribution is -0.136. The van der Waals surface area contributed by atoms with Gasteiger partial charge in [0.05, 0.1) is 17.1 Å². The van der Waals surface area contributed by atoms with Gasteiger partial charge in [-0.1, -0.05) is 5.16 Å². The highest BCUT2D eigenvalue weighted by Gasteiger charge is 2.45. The minimum atomic E-state index is -4.81. The largest absolute Gasteiger partial charge is 0.437 e. The molecule has 0 bridgehead atoms. The quantitative estimate of drug-likeness (QED) is 0.465. The van der Waals surface area contributed by atoms with Crippen LogP contribution in [-0.4, -0.2) is 36.9 Å². The van der Waals surface area contributed by atoms with Crippen LogP contribution in [0.4, 0.5) is 27.0 Å². The van der Waals surface area contributed by atoms with Crippen LogP contribution in [0.1, 0.15) is 11.3 Å². The van der Waals surface area contributed by atoms with Crippen molar-refractivity contribution in [3.8, 4) is 0 Å². The average molecular weight is 352 g/mol. The minimum absolute atomic E-state index is 0.167. The molecule has 0 aromatic carbocycles. The van der Waals surface area contributed by atoms with Crippen LogP contribution < -0.4 is 4.90 Å². The van der Waals surface area contributed by atoms with Crippen molar-refractivity contribution in [1.29, 1.82) is 0 Å². The number of thiophene rings is 1. The summed E-state index contributed by atoms with van der Waals surface area (Å²) in [7, 11) is 0. The van der Waals surface area contributed by atoms with Gasteiger partial charge in [0.25, 0.3) is 5.92 Å². The predicted octanol–water partition coefficient (Wildman–Crippen LogP) is 3.45. The van der Waals surface area contributed by atoms with Crippen LogP contribution in [0, 0.1) is 0 Å². The summed E-state index contributed by atoms with van der Waals surface area (Å²) >= 11 is 1.02. The zero-order chi connectivity index (χ0) is 16.8. The summed E-state index contributed by atoms with van der Waals surface area (Å²) in [5.41, 5.74) is -2.09. The first-order valence-corrected chi connectivity index (χ1v) is 7.29. The van der Waals surface area contributed by atoms with Crippen LogP contribution in [0.2, 0.25) is 0 Å². The fourth-order valence-electron chi connectivity index (χ4n) is 2.27. The molecule has 3 rings (SSSR count). The van der Waals surface area contributed by atoms with Gasteiger partial charge in [-0.2, -0.15) is 13.2 Å². The normalized spacial score (nSPS) is 22.7. The van der Waals surface area contributed by atoms with Gasteiger partial charge in [-0.25, -0.2) is 13.6 Å². The summed E-state index contributed by atoms with van der Waals surface area (Å²) < 4.78 is 64.6. The van der Waals surface area contributed by atoms with Gasteiger partial charge in [-0.15, -0.1) is 11.3 Å². The average Bonchev–Trinajstić information content (AvgIpc) is 3.10. The number of anilines is 1. The van der Waals surface area contributed by atoms with Gasteiger partial charge in [0.2, 0.25) is 0 Å². The first kappa shape index (κ1) is 15.9. The highest BCUT2D eigenvalue weighted by atomic mass is 32.1. The molecule has 3 heterocycles. The minimum Gasteiger partial charge on any atom is -0.357 e. The molecule has 2 aliphatic heterocycles. The Morgan fingerprint density at radius 1 is 1.35 bits per heavy atom. The maximum atomic E-state index is 13.2. The molecule has 0 radical (unpaired) electrons. The van der Waals surface area contributed by atoms with E-state index >= 15 is 0 Å². The van der Waals surface area contributed by atoms with E-state index in [4.69, 9.17) is 0 Å². The number of halogens is 5. The molecule has 0 amide bonds. The number of alkyl halides is 5. The van der Waals surface area contributed by atoms with E-state index in [2.05, 4.69) is 9.99 Å². The van der Waals surface area contributed by atoms with Crippen molar-refractivity contribution < 1.29 is 31.6 Å². The van der Waals surface area contributed by atoms with Crippen LogP contribution in [0.3, 0.4) is 0 Å². The lowest BCUT2D eigenvalue weighted by atomic mass is 10.1. The standard InChI is InChI=1S/C13H9F5N2O2S/c14-12(15)3-4-20(6-12)9-2-1-7(23-9)5-8-10(13(16,17)18)19-22-11(8)21/h1-2,5H,3-4,6H2. The molecule has 0 atom stereocenters. The third-order valence-corrected chi connectivity index (χ3v) is 4.44. The van der Waals surface area contributed by atoms with E-state index in [0.29, 0.717) is 9.88 Å². The molecule has 10 heteroatoms. The summed E-state index contributed by atoms with van der Waals surface area (Å²) in [6.45, 7) is -0.262. The lowest BCUT2D eigenvalue weighted by Crippen LogP contribution is -2.24. The lowest BCUT2D eigenvalue weighted by Gasteiger charge is -2.15. The molecule has 0 aliphatic carbocycles. The molecule has 1 aromatic rings. The molecule has 23 heavy (non-hydrogen) atoms. The molecule has 0 spiro atoms. The Bertz CT molecular complexity index is 707. The highest BCUT2D eigenvalue weighted by molar-refractivity contribution is 7.17. The fraction of sp³-hybridized carbons (Fsp3) is 0.385. The van der Waals surface area contributed by atoms with Crippen molar-refractivity contribution >= 4 is 34.1 Å². The van der Waals surface area contributed by atoms with Crippen molar-refractivity contribution in [3.63, 3.8) is 0 Å². The van der Waals surface area contributed by atoms with Gasteiger partial charge in [0.15, 0.2) is 5.71 Å². The first-order chi connectivity index (χ1) is 10.7. The van der Waals surface area contributed by atoms with Crippen LogP contribution in [0.15, 0.2) is 22.9 Å². The number of oxime groups is 1. The highest BCUT2D eigenvalue weighted by Crippen LogP contribution is 2.36. The second-order valence-electron chi connectivity index (χ2n) is 5.08. The number of carbonyl (C=O) groups is 1. The van der Waals surface area contributed by atoms with Crippen LogP contribution in [0.5, 0.6) is 0 Å². The van der Waals surface area contributed by atoms with Gasteiger partial charge >= 0.3 is 12.1 Å². The van der Waals surface area contributed by atoms with E-state index in [1.165, 1.54) is 17.0 Å². The van der Waals surface area contributed by atoms with Crippen LogP contribution >= 0.6 is 11.3 Å². The zero-order valence-corrected chi connectivity index (χ0v) is 12.2. The van der Waals surface area contributed by atoms with E-state index in [1.807, 2.05) is 0 Å². The number of hydrogen-bond acceptors (Lipinski definition) is 5. The van der Waals surface area contributed by atoms with Crippen molar-refractivity contribution in [2.24, 2.45) is 5.16 Å². The molecule has 0 unspecified atom stereocenters. The fourth-order valence-corrected chi connectivity index (χ4v) is 3.25. The molecule has 1 fully saturated rings. The number of hydrogen-bond donors (Lipinski definition) is 0. The van der Waals surface area contributed by atoms with Crippen molar-refractivity contribution in [1.82, 2.24) is 0 Å². The Hall–Kier alpha value is -1.97. The molecule has 1 aromatic heterocycles. The molecule has 4 nitrogen and oxygen atoms in total.